The summed E-state index contributed by atoms with van der Waals surface area (Å²) in [5, 5.41) is 3.86. The Labute approximate surface area is 98.4 Å². The van der Waals surface area contributed by atoms with Crippen LogP contribution in [-0.4, -0.2) is 28.0 Å². The molecule has 0 aromatic carbocycles. The summed E-state index contributed by atoms with van der Waals surface area (Å²) in [5.41, 5.74) is 1.75. The molecule has 1 unspecified atom stereocenters. The lowest BCUT2D eigenvalue weighted by molar-refractivity contribution is 0.449. The van der Waals surface area contributed by atoms with Crippen molar-refractivity contribution in [3.63, 3.8) is 0 Å². The first-order valence-corrected chi connectivity index (χ1v) is 5.93. The van der Waals surface area contributed by atoms with E-state index in [4.69, 9.17) is 11.6 Å². The maximum Gasteiger partial charge on any atom is 0.156 e. The van der Waals surface area contributed by atoms with Crippen LogP contribution in [0.25, 0.3) is 11.0 Å². The Hall–Kier alpha value is -1.13. The van der Waals surface area contributed by atoms with Crippen LogP contribution in [0.15, 0.2) is 12.3 Å². The van der Waals surface area contributed by atoms with E-state index < -0.39 is 0 Å². The molecular formula is C11H13ClN4. The Balaban J connectivity index is 2.01. The molecule has 4 nitrogen and oxygen atoms in total. The van der Waals surface area contributed by atoms with Crippen LogP contribution in [0, 0.1) is 0 Å². The molecule has 1 saturated heterocycles. The predicted octanol–water partition coefficient (Wildman–Crippen LogP) is 2.08. The van der Waals surface area contributed by atoms with Gasteiger partial charge in [-0.1, -0.05) is 11.6 Å². The van der Waals surface area contributed by atoms with Crippen molar-refractivity contribution in [2.75, 3.05) is 13.1 Å². The first kappa shape index (κ1) is 10.1. The molecule has 2 aromatic rings. The number of fused-ring (bicyclic) bond motifs is 1. The van der Waals surface area contributed by atoms with E-state index >= 15 is 0 Å². The van der Waals surface area contributed by atoms with Crippen molar-refractivity contribution in [1.82, 2.24) is 20.3 Å². The monoisotopic (exact) mass is 236 g/mol. The molecule has 2 N–H and O–H groups in total. The van der Waals surface area contributed by atoms with Crippen LogP contribution in [0.4, 0.5) is 0 Å². The zero-order chi connectivity index (χ0) is 11.0. The molecule has 0 spiro atoms. The van der Waals surface area contributed by atoms with E-state index in [-0.39, 0.29) is 0 Å². The van der Waals surface area contributed by atoms with Crippen LogP contribution in [0.2, 0.25) is 5.15 Å². The average Bonchev–Trinajstić information content (AvgIpc) is 2.76. The minimum Gasteiger partial charge on any atom is -0.342 e. The second-order valence-electron chi connectivity index (χ2n) is 4.16. The molecule has 1 aliphatic heterocycles. The number of imidazole rings is 1. The van der Waals surface area contributed by atoms with E-state index in [1.165, 1.54) is 12.8 Å². The zero-order valence-electron chi connectivity index (χ0n) is 8.83. The lowest BCUT2D eigenvalue weighted by Gasteiger charge is -2.20. The van der Waals surface area contributed by atoms with E-state index in [0.717, 1.165) is 29.9 Å². The second kappa shape index (κ2) is 4.03. The van der Waals surface area contributed by atoms with Gasteiger partial charge in [0.15, 0.2) is 5.15 Å². The highest BCUT2D eigenvalue weighted by Gasteiger charge is 2.19. The molecule has 16 heavy (non-hydrogen) atoms. The Morgan fingerprint density at radius 2 is 2.38 bits per heavy atom. The molecule has 0 radical (unpaired) electrons. The van der Waals surface area contributed by atoms with Gasteiger partial charge in [-0.05, 0) is 25.5 Å². The largest absolute Gasteiger partial charge is 0.342 e. The summed E-state index contributed by atoms with van der Waals surface area (Å²) >= 11 is 6.00. The Morgan fingerprint density at radius 3 is 3.12 bits per heavy atom. The number of aromatic nitrogens is 3. The van der Waals surface area contributed by atoms with Crippen molar-refractivity contribution in [3.05, 3.63) is 23.2 Å². The van der Waals surface area contributed by atoms with Gasteiger partial charge in [-0.25, -0.2) is 9.97 Å². The molecule has 5 heteroatoms. The molecular weight excluding hydrogens is 224 g/mol. The van der Waals surface area contributed by atoms with E-state index in [2.05, 4.69) is 20.3 Å². The van der Waals surface area contributed by atoms with E-state index in [1.807, 2.05) is 6.07 Å². The van der Waals surface area contributed by atoms with Gasteiger partial charge in [0.2, 0.25) is 0 Å². The lowest BCUT2D eigenvalue weighted by Crippen LogP contribution is -2.28. The maximum atomic E-state index is 6.00. The fraction of sp³-hybridized carbons (Fsp3) is 0.455. The third-order valence-corrected chi connectivity index (χ3v) is 3.33. The molecule has 1 atom stereocenters. The van der Waals surface area contributed by atoms with Crippen molar-refractivity contribution in [3.8, 4) is 0 Å². The first-order valence-electron chi connectivity index (χ1n) is 5.55. The van der Waals surface area contributed by atoms with Gasteiger partial charge in [-0.3, -0.25) is 0 Å². The van der Waals surface area contributed by atoms with Gasteiger partial charge in [0.05, 0.1) is 5.52 Å². The number of H-pyrrole nitrogens is 1. The summed E-state index contributed by atoms with van der Waals surface area (Å²) in [7, 11) is 0. The van der Waals surface area contributed by atoms with Gasteiger partial charge in [0, 0.05) is 18.7 Å². The molecule has 0 amide bonds. The molecule has 0 bridgehead atoms. The summed E-state index contributed by atoms with van der Waals surface area (Å²) in [6, 6.07) is 1.91. The van der Waals surface area contributed by atoms with Gasteiger partial charge < -0.3 is 10.3 Å². The van der Waals surface area contributed by atoms with Crippen molar-refractivity contribution in [2.45, 2.75) is 18.8 Å². The van der Waals surface area contributed by atoms with E-state index in [1.54, 1.807) is 6.20 Å². The van der Waals surface area contributed by atoms with Crippen molar-refractivity contribution in [1.29, 1.82) is 0 Å². The quantitative estimate of drug-likeness (QED) is 0.746. The number of piperidine rings is 1. The third-order valence-electron chi connectivity index (χ3n) is 3.06. The van der Waals surface area contributed by atoms with Crippen LogP contribution in [-0.2, 0) is 0 Å². The van der Waals surface area contributed by atoms with Crippen molar-refractivity contribution in [2.24, 2.45) is 0 Å². The number of hydrogen-bond acceptors (Lipinski definition) is 3. The maximum absolute atomic E-state index is 6.00. The molecule has 0 aliphatic carbocycles. The van der Waals surface area contributed by atoms with Gasteiger partial charge in [-0.2, -0.15) is 0 Å². The topological polar surface area (TPSA) is 53.6 Å². The number of hydrogen-bond donors (Lipinski definition) is 2. The summed E-state index contributed by atoms with van der Waals surface area (Å²) in [6.45, 7) is 2.10. The highest BCUT2D eigenvalue weighted by Crippen LogP contribution is 2.25. The minimum absolute atomic E-state index is 0.470. The highest BCUT2D eigenvalue weighted by molar-refractivity contribution is 6.33. The SMILES string of the molecule is Clc1nccc2[nH]c(C3CCCNC3)nc12. The third kappa shape index (κ3) is 1.68. The van der Waals surface area contributed by atoms with Crippen molar-refractivity contribution >= 4 is 22.6 Å². The van der Waals surface area contributed by atoms with Crippen molar-refractivity contribution < 1.29 is 0 Å². The molecule has 0 saturated carbocycles. The van der Waals surface area contributed by atoms with Crippen LogP contribution >= 0.6 is 11.6 Å². The van der Waals surface area contributed by atoms with Crippen LogP contribution < -0.4 is 5.32 Å². The highest BCUT2D eigenvalue weighted by atomic mass is 35.5. The van der Waals surface area contributed by atoms with Gasteiger partial charge in [-0.15, -0.1) is 0 Å². The number of pyridine rings is 1. The lowest BCUT2D eigenvalue weighted by atomic mass is 9.99. The van der Waals surface area contributed by atoms with Crippen LogP contribution in [0.1, 0.15) is 24.6 Å². The minimum atomic E-state index is 0.470. The Morgan fingerprint density at radius 1 is 1.44 bits per heavy atom. The van der Waals surface area contributed by atoms with E-state index in [0.29, 0.717) is 11.1 Å². The molecule has 2 aromatic heterocycles. The molecule has 1 fully saturated rings. The summed E-state index contributed by atoms with van der Waals surface area (Å²) < 4.78 is 0. The fourth-order valence-electron chi connectivity index (χ4n) is 2.20. The molecule has 1 aliphatic rings. The predicted molar refractivity (Wildman–Crippen MR) is 63.7 cm³/mol. The van der Waals surface area contributed by atoms with Gasteiger partial charge in [0.25, 0.3) is 0 Å². The molecule has 3 heterocycles. The number of halogens is 1. The standard InChI is InChI=1S/C11H13ClN4/c12-10-9-8(3-5-14-10)15-11(16-9)7-2-1-4-13-6-7/h3,5,7,13H,1-2,4,6H2,(H,15,16). The second-order valence-corrected chi connectivity index (χ2v) is 4.52. The molecule has 84 valence electrons. The smallest absolute Gasteiger partial charge is 0.156 e. The Bertz CT molecular complexity index is 502. The molecule has 3 rings (SSSR count). The Kier molecular flexibility index (Phi) is 2.53. The number of nitrogens with one attached hydrogen (secondary N) is 2. The van der Waals surface area contributed by atoms with Gasteiger partial charge in [0.1, 0.15) is 11.3 Å². The number of rotatable bonds is 1. The number of nitrogens with zero attached hydrogens (tertiary/aromatic N) is 2. The summed E-state index contributed by atoms with van der Waals surface area (Å²) in [6.07, 6.45) is 4.08. The fourth-order valence-corrected chi connectivity index (χ4v) is 2.40. The average molecular weight is 237 g/mol. The number of aromatic amines is 1. The zero-order valence-corrected chi connectivity index (χ0v) is 9.59. The van der Waals surface area contributed by atoms with Crippen LogP contribution in [0.3, 0.4) is 0 Å². The van der Waals surface area contributed by atoms with Gasteiger partial charge >= 0.3 is 0 Å². The van der Waals surface area contributed by atoms with Crippen LogP contribution in [0.5, 0.6) is 0 Å². The normalized spacial score (nSPS) is 21.4. The summed E-state index contributed by atoms with van der Waals surface area (Å²) in [4.78, 5) is 11.9. The summed E-state index contributed by atoms with van der Waals surface area (Å²) in [5.74, 6) is 1.49. The first-order chi connectivity index (χ1) is 7.84. The van der Waals surface area contributed by atoms with E-state index in [9.17, 15) is 0 Å².